The van der Waals surface area contributed by atoms with Gasteiger partial charge >= 0.3 is 5.97 Å². The van der Waals surface area contributed by atoms with Gasteiger partial charge in [0.05, 0.1) is 18.2 Å². The van der Waals surface area contributed by atoms with Crippen molar-refractivity contribution in [3.05, 3.63) is 29.3 Å². The highest BCUT2D eigenvalue weighted by molar-refractivity contribution is 5.88. The lowest BCUT2D eigenvalue weighted by molar-refractivity contribution is 0.0697. The zero-order chi connectivity index (χ0) is 13.0. The zero-order valence-corrected chi connectivity index (χ0v) is 10.4. The van der Waals surface area contributed by atoms with Crippen LogP contribution in [0.4, 0.5) is 5.69 Å². The van der Waals surface area contributed by atoms with Crippen LogP contribution in [0, 0.1) is 12.8 Å². The molecule has 0 amide bonds. The quantitative estimate of drug-likeness (QED) is 0.733. The minimum atomic E-state index is -0.929. The number of carboxylic acids is 1. The minimum Gasteiger partial charge on any atom is -0.478 e. The van der Waals surface area contributed by atoms with Crippen LogP contribution in [0.15, 0.2) is 18.2 Å². The van der Waals surface area contributed by atoms with Gasteiger partial charge in [0.15, 0.2) is 0 Å². The fraction of sp³-hybridized carbons (Fsp3) is 0.462. The molecule has 1 aromatic carbocycles. The van der Waals surface area contributed by atoms with E-state index in [-0.39, 0.29) is 18.2 Å². The summed E-state index contributed by atoms with van der Waals surface area (Å²) in [6.45, 7) is 5.95. The van der Waals surface area contributed by atoms with Crippen LogP contribution in [0.1, 0.15) is 29.8 Å². The summed E-state index contributed by atoms with van der Waals surface area (Å²) in [5.41, 5.74) is 2.00. The van der Waals surface area contributed by atoms with Crippen molar-refractivity contribution in [2.24, 2.45) is 5.92 Å². The van der Waals surface area contributed by atoms with Crippen LogP contribution >= 0.6 is 0 Å². The van der Waals surface area contributed by atoms with Gasteiger partial charge in [-0.3, -0.25) is 0 Å². The van der Waals surface area contributed by atoms with Gasteiger partial charge in [-0.1, -0.05) is 13.8 Å². The number of aryl methyl sites for hydroxylation is 1. The molecule has 17 heavy (non-hydrogen) atoms. The summed E-state index contributed by atoms with van der Waals surface area (Å²) in [5.74, 6) is -0.624. The summed E-state index contributed by atoms with van der Waals surface area (Å²) < 4.78 is 0. The van der Waals surface area contributed by atoms with Crippen molar-refractivity contribution < 1.29 is 15.0 Å². The Morgan fingerprint density at radius 1 is 1.41 bits per heavy atom. The number of carboxylic acid groups (broad SMARTS) is 1. The van der Waals surface area contributed by atoms with E-state index >= 15 is 0 Å². The molecule has 1 atom stereocenters. The van der Waals surface area contributed by atoms with E-state index < -0.39 is 5.97 Å². The van der Waals surface area contributed by atoms with Crippen molar-refractivity contribution in [1.29, 1.82) is 0 Å². The first-order chi connectivity index (χ1) is 7.95. The molecule has 4 heteroatoms. The molecule has 1 aromatic rings. The zero-order valence-electron chi connectivity index (χ0n) is 10.4. The molecule has 0 aliphatic rings. The summed E-state index contributed by atoms with van der Waals surface area (Å²) in [4.78, 5) is 10.8. The van der Waals surface area contributed by atoms with Gasteiger partial charge in [-0.05, 0) is 36.6 Å². The second-order valence-electron chi connectivity index (χ2n) is 4.51. The van der Waals surface area contributed by atoms with Crippen molar-refractivity contribution in [2.45, 2.75) is 26.8 Å². The Labute approximate surface area is 101 Å². The maximum atomic E-state index is 10.8. The van der Waals surface area contributed by atoms with Crippen molar-refractivity contribution in [3.8, 4) is 0 Å². The largest absolute Gasteiger partial charge is 0.478 e. The molecule has 3 N–H and O–H groups in total. The van der Waals surface area contributed by atoms with E-state index in [0.29, 0.717) is 5.92 Å². The van der Waals surface area contributed by atoms with Crippen LogP contribution < -0.4 is 5.32 Å². The Morgan fingerprint density at radius 2 is 2.06 bits per heavy atom. The van der Waals surface area contributed by atoms with Crippen LogP contribution in [0.25, 0.3) is 0 Å². The number of benzene rings is 1. The summed E-state index contributed by atoms with van der Waals surface area (Å²) in [5, 5.41) is 21.3. The van der Waals surface area contributed by atoms with Crippen molar-refractivity contribution >= 4 is 11.7 Å². The van der Waals surface area contributed by atoms with E-state index in [9.17, 15) is 9.90 Å². The van der Waals surface area contributed by atoms with Crippen LogP contribution in [-0.4, -0.2) is 28.8 Å². The summed E-state index contributed by atoms with van der Waals surface area (Å²) in [7, 11) is 0. The molecule has 1 rings (SSSR count). The molecular formula is C13H19NO3. The Bertz CT molecular complexity index is 402. The Balaban J connectivity index is 2.89. The third kappa shape index (κ3) is 3.46. The molecule has 0 spiro atoms. The Morgan fingerprint density at radius 3 is 2.47 bits per heavy atom. The van der Waals surface area contributed by atoms with Crippen LogP contribution in [0.2, 0.25) is 0 Å². The molecular weight excluding hydrogens is 218 g/mol. The number of aromatic carboxylic acids is 1. The molecule has 1 unspecified atom stereocenters. The molecule has 0 heterocycles. The minimum absolute atomic E-state index is 0.0237. The smallest absolute Gasteiger partial charge is 0.335 e. The molecule has 0 radical (unpaired) electrons. The first-order valence-electron chi connectivity index (χ1n) is 5.67. The van der Waals surface area contributed by atoms with Gasteiger partial charge in [-0.25, -0.2) is 4.79 Å². The number of aliphatic hydroxyl groups excluding tert-OH is 1. The van der Waals surface area contributed by atoms with E-state index in [1.54, 1.807) is 18.2 Å². The number of aliphatic hydroxyl groups is 1. The maximum Gasteiger partial charge on any atom is 0.335 e. The van der Waals surface area contributed by atoms with E-state index in [1.165, 1.54) is 0 Å². The number of hydrogen-bond acceptors (Lipinski definition) is 3. The van der Waals surface area contributed by atoms with Crippen LogP contribution in [0.5, 0.6) is 0 Å². The predicted octanol–water partition coefficient (Wildman–Crippen LogP) is 2.12. The predicted molar refractivity (Wildman–Crippen MR) is 67.5 cm³/mol. The Hall–Kier alpha value is -1.55. The molecule has 0 fully saturated rings. The van der Waals surface area contributed by atoms with Gasteiger partial charge in [0.25, 0.3) is 0 Å². The van der Waals surface area contributed by atoms with Gasteiger partial charge in [-0.15, -0.1) is 0 Å². The Kier molecular flexibility index (Phi) is 4.52. The lowest BCUT2D eigenvalue weighted by atomic mass is 10.0. The summed E-state index contributed by atoms with van der Waals surface area (Å²) in [6, 6.07) is 4.90. The monoisotopic (exact) mass is 237 g/mol. The second-order valence-corrected chi connectivity index (χ2v) is 4.51. The van der Waals surface area contributed by atoms with Crippen LogP contribution in [-0.2, 0) is 0 Å². The summed E-state index contributed by atoms with van der Waals surface area (Å²) >= 11 is 0. The number of carbonyl (C=O) groups is 1. The van der Waals surface area contributed by atoms with E-state index in [2.05, 4.69) is 5.32 Å². The lowest BCUT2D eigenvalue weighted by Gasteiger charge is -2.22. The molecule has 0 aromatic heterocycles. The maximum absolute atomic E-state index is 10.8. The third-order valence-electron chi connectivity index (χ3n) is 2.82. The molecule has 4 nitrogen and oxygen atoms in total. The molecule has 0 aliphatic heterocycles. The number of rotatable bonds is 5. The number of hydrogen-bond donors (Lipinski definition) is 3. The topological polar surface area (TPSA) is 69.6 Å². The van der Waals surface area contributed by atoms with Crippen molar-refractivity contribution in [1.82, 2.24) is 0 Å². The highest BCUT2D eigenvalue weighted by atomic mass is 16.4. The second kappa shape index (κ2) is 5.68. The molecule has 0 bridgehead atoms. The van der Waals surface area contributed by atoms with Gasteiger partial charge in [0.2, 0.25) is 0 Å². The first-order valence-corrected chi connectivity index (χ1v) is 5.67. The average molecular weight is 237 g/mol. The average Bonchev–Trinajstić information content (AvgIpc) is 2.26. The van der Waals surface area contributed by atoms with Crippen LogP contribution in [0.3, 0.4) is 0 Å². The van der Waals surface area contributed by atoms with Gasteiger partial charge < -0.3 is 15.5 Å². The van der Waals surface area contributed by atoms with Crippen molar-refractivity contribution in [2.75, 3.05) is 11.9 Å². The normalized spacial score (nSPS) is 12.5. The van der Waals surface area contributed by atoms with Crippen molar-refractivity contribution in [3.63, 3.8) is 0 Å². The molecule has 0 saturated carbocycles. The van der Waals surface area contributed by atoms with Gasteiger partial charge in [0.1, 0.15) is 0 Å². The van der Waals surface area contributed by atoms with Gasteiger partial charge in [0, 0.05) is 5.69 Å². The number of anilines is 1. The highest BCUT2D eigenvalue weighted by Crippen LogP contribution is 2.19. The molecule has 0 aliphatic carbocycles. The fourth-order valence-electron chi connectivity index (χ4n) is 1.58. The first kappa shape index (κ1) is 13.5. The number of nitrogens with one attached hydrogen (secondary N) is 1. The van der Waals surface area contributed by atoms with Gasteiger partial charge in [-0.2, -0.15) is 0 Å². The van der Waals surface area contributed by atoms with E-state index in [0.717, 1.165) is 11.3 Å². The summed E-state index contributed by atoms with van der Waals surface area (Å²) in [6.07, 6.45) is 0. The lowest BCUT2D eigenvalue weighted by Crippen LogP contribution is -2.29. The molecule has 94 valence electrons. The highest BCUT2D eigenvalue weighted by Gasteiger charge is 2.13. The third-order valence-corrected chi connectivity index (χ3v) is 2.82. The molecule has 0 saturated heterocycles. The van der Waals surface area contributed by atoms with E-state index in [4.69, 9.17) is 5.11 Å². The fourth-order valence-corrected chi connectivity index (χ4v) is 1.58. The standard InChI is InChI=1S/C13H19NO3/c1-8(2)12(7-15)14-11-5-4-10(13(16)17)6-9(11)3/h4-6,8,12,14-15H,7H2,1-3H3,(H,16,17). The SMILES string of the molecule is Cc1cc(C(=O)O)ccc1NC(CO)C(C)C. The van der Waals surface area contributed by atoms with E-state index in [1.807, 2.05) is 20.8 Å².